The summed E-state index contributed by atoms with van der Waals surface area (Å²) in [5.74, 6) is -0.488. The van der Waals surface area contributed by atoms with Gasteiger partial charge in [0.15, 0.2) is 0 Å². The van der Waals surface area contributed by atoms with Crippen molar-refractivity contribution in [3.8, 4) is 0 Å². The van der Waals surface area contributed by atoms with E-state index in [1.807, 2.05) is 11.9 Å². The molecule has 2 heterocycles. The van der Waals surface area contributed by atoms with Crippen LogP contribution in [0.1, 0.15) is 11.3 Å². The van der Waals surface area contributed by atoms with Crippen molar-refractivity contribution in [2.24, 2.45) is 0 Å². The molecule has 1 aliphatic carbocycles. The van der Waals surface area contributed by atoms with Gasteiger partial charge in [0.05, 0.1) is 34.6 Å². The highest BCUT2D eigenvalue weighted by Gasteiger charge is 2.25. The Kier molecular flexibility index (Phi) is 6.93. The van der Waals surface area contributed by atoms with Crippen molar-refractivity contribution in [3.63, 3.8) is 0 Å². The van der Waals surface area contributed by atoms with Gasteiger partial charge in [0.25, 0.3) is 0 Å². The molecule has 1 saturated heterocycles. The zero-order valence-corrected chi connectivity index (χ0v) is 22.2. The van der Waals surface area contributed by atoms with Crippen molar-refractivity contribution in [1.82, 2.24) is 14.9 Å². The maximum atomic E-state index is 15.0. The molecule has 38 heavy (non-hydrogen) atoms. The Labute approximate surface area is 220 Å². The summed E-state index contributed by atoms with van der Waals surface area (Å²) < 4.78 is 55.2. The van der Waals surface area contributed by atoms with Crippen LogP contribution in [0.4, 0.5) is 43.3 Å². The average molecular weight is 542 g/mol. The number of halogens is 2. The number of para-hydroxylation sites is 2. The highest BCUT2D eigenvalue weighted by Crippen LogP contribution is 2.37. The number of nitrogens with zero attached hydrogens (tertiary/aromatic N) is 5. The van der Waals surface area contributed by atoms with Crippen LogP contribution in [0.2, 0.25) is 0 Å². The highest BCUT2D eigenvalue weighted by atomic mass is 32.2. The summed E-state index contributed by atoms with van der Waals surface area (Å²) in [6.07, 6.45) is 2.78. The fourth-order valence-corrected chi connectivity index (χ4v) is 5.03. The smallest absolute Gasteiger partial charge is 0.232 e. The predicted octanol–water partition coefficient (Wildman–Crippen LogP) is 4.12. The van der Waals surface area contributed by atoms with Gasteiger partial charge in [-0.3, -0.25) is 4.31 Å². The van der Waals surface area contributed by atoms with Crippen molar-refractivity contribution in [2.45, 2.75) is 6.42 Å². The van der Waals surface area contributed by atoms with Gasteiger partial charge in [0.1, 0.15) is 17.5 Å². The topological polar surface area (TPSA) is 93.7 Å². The van der Waals surface area contributed by atoms with E-state index in [4.69, 9.17) is 0 Å². The number of likely N-dealkylation sites (N-methyl/N-ethyl adjacent to an activating group) is 1. The Morgan fingerprint density at radius 2 is 1.74 bits per heavy atom. The molecule has 200 valence electrons. The summed E-state index contributed by atoms with van der Waals surface area (Å²) in [7, 11) is -0.0544. The zero-order valence-electron chi connectivity index (χ0n) is 21.4. The minimum Gasteiger partial charge on any atom is -0.367 e. The highest BCUT2D eigenvalue weighted by molar-refractivity contribution is 7.92. The van der Waals surface area contributed by atoms with Crippen molar-refractivity contribution < 1.29 is 17.2 Å². The van der Waals surface area contributed by atoms with E-state index >= 15 is 4.39 Å². The maximum Gasteiger partial charge on any atom is 0.232 e. The van der Waals surface area contributed by atoms with Crippen molar-refractivity contribution in [1.29, 1.82) is 0 Å². The first-order valence-electron chi connectivity index (χ1n) is 12.2. The van der Waals surface area contributed by atoms with Gasteiger partial charge < -0.3 is 20.4 Å². The standard InChI is InChI=1S/C26H29F2N7O2S/c1-33-12-14-35(15-13-33)22-11-8-17(16-19(22)28)29-26-31-21-10-9-18(27)24(21)25(32-26)30-20-6-4-5-7-23(20)34(2)38(3,36)37/h4-9,11,16H,10,12-15H2,1-3H3,(H2,29,30,31,32). The van der Waals surface area contributed by atoms with Crippen molar-refractivity contribution in [2.75, 3.05) is 66.4 Å². The first-order chi connectivity index (χ1) is 18.1. The summed E-state index contributed by atoms with van der Waals surface area (Å²) in [6.45, 7) is 3.23. The Bertz CT molecular complexity index is 1510. The lowest BCUT2D eigenvalue weighted by molar-refractivity contribution is 0.311. The molecule has 5 rings (SSSR count). The van der Waals surface area contributed by atoms with E-state index < -0.39 is 15.9 Å². The second-order valence-electron chi connectivity index (χ2n) is 9.43. The lowest BCUT2D eigenvalue weighted by Gasteiger charge is -2.34. The molecule has 0 spiro atoms. The number of benzene rings is 2. The third kappa shape index (κ3) is 5.27. The number of aromatic nitrogens is 2. The SMILES string of the molecule is CN1CCN(c2ccc(Nc3nc4c(c(Nc5ccccc5N(C)S(C)(=O)=O)n3)C(F)=CC4)cc2F)CC1. The monoisotopic (exact) mass is 541 g/mol. The molecular formula is C26H29F2N7O2S. The Morgan fingerprint density at radius 1 is 1.00 bits per heavy atom. The van der Waals surface area contributed by atoms with Crippen LogP contribution in [0.3, 0.4) is 0 Å². The molecule has 3 aromatic rings. The average Bonchev–Trinajstić information content (AvgIpc) is 3.25. The number of sulfonamides is 1. The number of hydrogen-bond acceptors (Lipinski definition) is 8. The van der Waals surface area contributed by atoms with Crippen LogP contribution in [0.15, 0.2) is 48.5 Å². The molecule has 0 unspecified atom stereocenters. The van der Waals surface area contributed by atoms with E-state index in [0.29, 0.717) is 28.4 Å². The zero-order chi connectivity index (χ0) is 27.0. The van der Waals surface area contributed by atoms with Crippen molar-refractivity contribution in [3.05, 3.63) is 65.6 Å². The van der Waals surface area contributed by atoms with Crippen LogP contribution < -0.4 is 19.8 Å². The van der Waals surface area contributed by atoms with Crippen LogP contribution in [-0.2, 0) is 16.4 Å². The van der Waals surface area contributed by atoms with E-state index in [0.717, 1.165) is 36.7 Å². The molecule has 0 saturated carbocycles. The molecular weight excluding hydrogens is 512 g/mol. The van der Waals surface area contributed by atoms with E-state index in [2.05, 4.69) is 25.5 Å². The fraction of sp³-hybridized carbons (Fsp3) is 0.308. The molecule has 1 fully saturated rings. The first-order valence-corrected chi connectivity index (χ1v) is 14.0. The molecule has 2 aromatic carbocycles. The largest absolute Gasteiger partial charge is 0.367 e. The summed E-state index contributed by atoms with van der Waals surface area (Å²) in [4.78, 5) is 13.2. The molecule has 9 nitrogen and oxygen atoms in total. The number of piperazine rings is 1. The minimum atomic E-state index is -3.54. The van der Waals surface area contributed by atoms with Crippen LogP contribution in [-0.4, -0.2) is 69.8 Å². The molecule has 12 heteroatoms. The third-order valence-corrected chi connectivity index (χ3v) is 7.93. The van der Waals surface area contributed by atoms with Gasteiger partial charge in [0.2, 0.25) is 16.0 Å². The quantitative estimate of drug-likeness (QED) is 0.462. The van der Waals surface area contributed by atoms with Crippen LogP contribution in [0.5, 0.6) is 0 Å². The minimum absolute atomic E-state index is 0.162. The number of fused-ring (bicyclic) bond motifs is 1. The van der Waals surface area contributed by atoms with Crippen LogP contribution in [0, 0.1) is 5.82 Å². The van der Waals surface area contributed by atoms with Gasteiger partial charge in [-0.05, 0) is 43.5 Å². The van der Waals surface area contributed by atoms with E-state index in [1.54, 1.807) is 36.4 Å². The fourth-order valence-electron chi connectivity index (χ4n) is 4.52. The van der Waals surface area contributed by atoms with Crippen molar-refractivity contribution >= 4 is 50.4 Å². The number of nitrogens with one attached hydrogen (secondary N) is 2. The lowest BCUT2D eigenvalue weighted by Crippen LogP contribution is -2.44. The number of rotatable bonds is 7. The molecule has 2 aliphatic rings. The van der Waals surface area contributed by atoms with Crippen LogP contribution in [0.25, 0.3) is 5.83 Å². The third-order valence-electron chi connectivity index (χ3n) is 6.74. The van der Waals surface area contributed by atoms with Gasteiger partial charge in [0, 0.05) is 45.3 Å². The molecule has 1 aromatic heterocycles. The van der Waals surface area contributed by atoms with E-state index in [1.165, 1.54) is 19.2 Å². The summed E-state index contributed by atoms with van der Waals surface area (Å²) in [5, 5.41) is 6.12. The molecule has 0 radical (unpaired) electrons. The predicted molar refractivity (Wildman–Crippen MR) is 147 cm³/mol. The number of allylic oxidation sites excluding steroid dienone is 1. The molecule has 1 aliphatic heterocycles. The second kappa shape index (κ2) is 10.2. The Hall–Kier alpha value is -3.77. The van der Waals surface area contributed by atoms with Gasteiger partial charge in [-0.1, -0.05) is 12.1 Å². The van der Waals surface area contributed by atoms with Gasteiger partial charge in [-0.15, -0.1) is 0 Å². The van der Waals surface area contributed by atoms with Gasteiger partial charge in [-0.2, -0.15) is 4.98 Å². The summed E-state index contributed by atoms with van der Waals surface area (Å²) in [6, 6.07) is 11.7. The van der Waals surface area contributed by atoms with Crippen LogP contribution >= 0.6 is 0 Å². The van der Waals surface area contributed by atoms with Gasteiger partial charge >= 0.3 is 0 Å². The summed E-state index contributed by atoms with van der Waals surface area (Å²) >= 11 is 0. The van der Waals surface area contributed by atoms with E-state index in [-0.39, 0.29) is 29.6 Å². The Balaban J connectivity index is 1.44. The van der Waals surface area contributed by atoms with Gasteiger partial charge in [-0.25, -0.2) is 22.2 Å². The maximum absolute atomic E-state index is 15.0. The molecule has 0 amide bonds. The number of hydrogen-bond donors (Lipinski definition) is 2. The molecule has 0 atom stereocenters. The number of anilines is 6. The Morgan fingerprint density at radius 3 is 2.45 bits per heavy atom. The lowest BCUT2D eigenvalue weighted by atomic mass is 10.2. The van der Waals surface area contributed by atoms with E-state index in [9.17, 15) is 12.8 Å². The molecule has 0 bridgehead atoms. The second-order valence-corrected chi connectivity index (χ2v) is 11.4. The molecule has 2 N–H and O–H groups in total. The normalized spacial score (nSPS) is 15.7. The first kappa shape index (κ1) is 25.9. The summed E-state index contributed by atoms with van der Waals surface area (Å²) in [5.41, 5.74) is 2.47.